The molecular formula is C24H18ClN3O6. The van der Waals surface area contributed by atoms with Crippen LogP contribution in [0.2, 0.25) is 5.02 Å². The Morgan fingerprint density at radius 2 is 1.74 bits per heavy atom. The lowest BCUT2D eigenvalue weighted by atomic mass is 9.90. The zero-order valence-corrected chi connectivity index (χ0v) is 18.6. The molecule has 9 nitrogen and oxygen atoms in total. The second kappa shape index (κ2) is 8.44. The summed E-state index contributed by atoms with van der Waals surface area (Å²) < 4.78 is 5.35. The van der Waals surface area contributed by atoms with E-state index in [0.717, 1.165) is 16.5 Å². The van der Waals surface area contributed by atoms with Crippen LogP contribution >= 0.6 is 11.6 Å². The van der Waals surface area contributed by atoms with Crippen LogP contribution in [0.25, 0.3) is 0 Å². The lowest BCUT2D eigenvalue weighted by molar-refractivity contribution is -0.384. The average Bonchev–Trinajstić information content (AvgIpc) is 3.36. The van der Waals surface area contributed by atoms with Crippen LogP contribution in [-0.2, 0) is 14.4 Å². The number of fused-ring (bicyclic) bond motifs is 1. The highest BCUT2D eigenvalue weighted by Crippen LogP contribution is 2.48. The van der Waals surface area contributed by atoms with Crippen molar-refractivity contribution in [2.24, 2.45) is 5.92 Å². The van der Waals surface area contributed by atoms with E-state index in [1.54, 1.807) is 30.4 Å². The van der Waals surface area contributed by atoms with Gasteiger partial charge in [-0.15, -0.1) is 0 Å². The molecule has 2 heterocycles. The molecule has 172 valence electrons. The number of hydrogen-bond acceptors (Lipinski definition) is 7. The molecule has 0 saturated carbocycles. The van der Waals surface area contributed by atoms with E-state index < -0.39 is 40.5 Å². The van der Waals surface area contributed by atoms with Crippen molar-refractivity contribution < 1.29 is 24.1 Å². The highest BCUT2D eigenvalue weighted by Gasteiger charge is 2.60. The molecule has 0 N–H and O–H groups in total. The minimum Gasteiger partial charge on any atom is -0.497 e. The van der Waals surface area contributed by atoms with Gasteiger partial charge in [-0.25, -0.2) is 9.96 Å². The summed E-state index contributed by atoms with van der Waals surface area (Å²) in [5.41, 5.74) is 1.08. The third-order valence-electron chi connectivity index (χ3n) is 5.95. The predicted octanol–water partition coefficient (Wildman–Crippen LogP) is 4.31. The summed E-state index contributed by atoms with van der Waals surface area (Å²) in [5, 5.41) is 12.8. The minimum atomic E-state index is -1.10. The molecule has 3 aromatic rings. The van der Waals surface area contributed by atoms with E-state index in [2.05, 4.69) is 0 Å². The average molecular weight is 480 g/mol. The number of nitrogens with zero attached hydrogens (tertiary/aromatic N) is 3. The van der Waals surface area contributed by atoms with Gasteiger partial charge in [0.25, 0.3) is 11.6 Å². The van der Waals surface area contributed by atoms with Gasteiger partial charge in [0.1, 0.15) is 16.7 Å². The first-order valence-corrected chi connectivity index (χ1v) is 10.8. The Morgan fingerprint density at radius 3 is 2.44 bits per heavy atom. The zero-order chi connectivity index (χ0) is 24.0. The first-order chi connectivity index (χ1) is 16.4. The summed E-state index contributed by atoms with van der Waals surface area (Å²) in [7, 11) is 1.54. The second-order valence-electron chi connectivity index (χ2n) is 7.84. The SMILES string of the molecule is COc1cccc(C2C3C(=O)N(c4ccc(Cl)c([N+](=O)[O-])c4)C(=O)C3ON2c2ccccc2)c1. The number of rotatable bonds is 5. The number of benzene rings is 3. The van der Waals surface area contributed by atoms with Crippen molar-refractivity contribution in [1.29, 1.82) is 0 Å². The molecule has 10 heteroatoms. The summed E-state index contributed by atoms with van der Waals surface area (Å²) in [6.07, 6.45) is -1.10. The number of hydrogen-bond donors (Lipinski definition) is 0. The topological polar surface area (TPSA) is 102 Å². The van der Waals surface area contributed by atoms with Crippen LogP contribution in [-0.4, -0.2) is 30.0 Å². The number of imide groups is 1. The molecule has 3 aromatic carbocycles. The van der Waals surface area contributed by atoms with E-state index >= 15 is 0 Å². The van der Waals surface area contributed by atoms with E-state index in [4.69, 9.17) is 21.2 Å². The van der Waals surface area contributed by atoms with Crippen LogP contribution in [0.3, 0.4) is 0 Å². The number of hydroxylamine groups is 1. The molecule has 3 unspecified atom stereocenters. The van der Waals surface area contributed by atoms with Gasteiger partial charge in [0, 0.05) is 6.07 Å². The molecule has 2 fully saturated rings. The number of nitro benzene ring substituents is 1. The summed E-state index contributed by atoms with van der Waals surface area (Å²) in [4.78, 5) is 44.7. The van der Waals surface area contributed by atoms with Gasteiger partial charge in [-0.1, -0.05) is 41.9 Å². The molecule has 0 radical (unpaired) electrons. The van der Waals surface area contributed by atoms with E-state index in [1.165, 1.54) is 12.1 Å². The van der Waals surface area contributed by atoms with E-state index in [1.807, 2.05) is 36.4 Å². The molecule has 2 amide bonds. The molecule has 3 atom stereocenters. The fraction of sp³-hybridized carbons (Fsp3) is 0.167. The van der Waals surface area contributed by atoms with E-state index in [0.29, 0.717) is 11.4 Å². The van der Waals surface area contributed by atoms with Gasteiger partial charge in [0.15, 0.2) is 6.10 Å². The second-order valence-corrected chi connectivity index (χ2v) is 8.25. The van der Waals surface area contributed by atoms with Crippen LogP contribution in [0.1, 0.15) is 11.6 Å². The molecule has 2 aliphatic heterocycles. The van der Waals surface area contributed by atoms with Crippen molar-refractivity contribution in [3.05, 3.63) is 93.5 Å². The fourth-order valence-corrected chi connectivity index (χ4v) is 4.60. The predicted molar refractivity (Wildman–Crippen MR) is 124 cm³/mol. The fourth-order valence-electron chi connectivity index (χ4n) is 4.41. The normalized spacial score (nSPS) is 21.6. The summed E-state index contributed by atoms with van der Waals surface area (Å²) in [6.45, 7) is 0. The Labute approximate surface area is 199 Å². The number of ether oxygens (including phenoxy) is 1. The maximum absolute atomic E-state index is 13.6. The highest BCUT2D eigenvalue weighted by atomic mass is 35.5. The van der Waals surface area contributed by atoms with Gasteiger partial charge in [-0.05, 0) is 42.0 Å². The van der Waals surface area contributed by atoms with Crippen molar-refractivity contribution in [2.45, 2.75) is 12.1 Å². The Balaban J connectivity index is 1.59. The summed E-state index contributed by atoms with van der Waals surface area (Å²) >= 11 is 5.91. The molecule has 0 aromatic heterocycles. The Bertz CT molecular complexity index is 1300. The zero-order valence-electron chi connectivity index (χ0n) is 17.8. The van der Waals surface area contributed by atoms with Crippen LogP contribution < -0.4 is 14.7 Å². The molecule has 2 aliphatic rings. The number of para-hydroxylation sites is 1. The highest BCUT2D eigenvalue weighted by molar-refractivity contribution is 6.33. The number of anilines is 2. The maximum atomic E-state index is 13.6. The van der Waals surface area contributed by atoms with Crippen molar-refractivity contribution in [2.75, 3.05) is 17.1 Å². The first kappa shape index (κ1) is 21.9. The third-order valence-corrected chi connectivity index (χ3v) is 6.27. The van der Waals surface area contributed by atoms with Crippen LogP contribution in [0.15, 0.2) is 72.8 Å². The number of amides is 2. The molecule has 0 bridgehead atoms. The van der Waals surface area contributed by atoms with Gasteiger partial charge in [-0.3, -0.25) is 24.5 Å². The van der Waals surface area contributed by atoms with Gasteiger partial charge in [0.2, 0.25) is 5.91 Å². The van der Waals surface area contributed by atoms with Gasteiger partial charge in [-0.2, -0.15) is 0 Å². The van der Waals surface area contributed by atoms with Crippen molar-refractivity contribution in [3.63, 3.8) is 0 Å². The minimum absolute atomic E-state index is 0.0692. The van der Waals surface area contributed by atoms with Gasteiger partial charge in [0.05, 0.1) is 29.4 Å². The molecule has 0 aliphatic carbocycles. The van der Waals surface area contributed by atoms with E-state index in [-0.39, 0.29) is 10.7 Å². The first-order valence-electron chi connectivity index (χ1n) is 10.4. The Kier molecular flexibility index (Phi) is 5.43. The van der Waals surface area contributed by atoms with Crippen molar-refractivity contribution in [3.8, 4) is 5.75 Å². The molecule has 2 saturated heterocycles. The third kappa shape index (κ3) is 3.46. The van der Waals surface area contributed by atoms with Crippen molar-refractivity contribution >= 4 is 40.5 Å². The largest absolute Gasteiger partial charge is 0.497 e. The van der Waals surface area contributed by atoms with Crippen LogP contribution in [0, 0.1) is 16.0 Å². The van der Waals surface area contributed by atoms with Crippen molar-refractivity contribution in [1.82, 2.24) is 0 Å². The molecule has 0 spiro atoms. The number of nitro groups is 1. The number of halogens is 1. The molecule has 34 heavy (non-hydrogen) atoms. The summed E-state index contributed by atoms with van der Waals surface area (Å²) in [5.74, 6) is -1.40. The van der Waals surface area contributed by atoms with Gasteiger partial charge < -0.3 is 4.74 Å². The monoisotopic (exact) mass is 479 g/mol. The lowest BCUT2D eigenvalue weighted by Gasteiger charge is -2.29. The number of methoxy groups -OCH3 is 1. The Hall–Kier alpha value is -3.95. The maximum Gasteiger partial charge on any atom is 0.289 e. The van der Waals surface area contributed by atoms with Crippen LogP contribution in [0.5, 0.6) is 5.75 Å². The number of carbonyl (C=O) groups is 2. The van der Waals surface area contributed by atoms with E-state index in [9.17, 15) is 19.7 Å². The quantitative estimate of drug-likeness (QED) is 0.305. The molecule has 5 rings (SSSR count). The smallest absolute Gasteiger partial charge is 0.289 e. The van der Waals surface area contributed by atoms with Crippen LogP contribution in [0.4, 0.5) is 17.1 Å². The summed E-state index contributed by atoms with van der Waals surface area (Å²) in [6, 6.07) is 19.6. The van der Waals surface area contributed by atoms with Gasteiger partial charge >= 0.3 is 0 Å². The standard InChI is InChI=1S/C24H18ClN3O6/c1-33-17-9-5-6-14(12-17)21-20-22(34-27(21)15-7-3-2-4-8-15)24(30)26(23(20)29)16-10-11-18(25)19(13-16)28(31)32/h2-13,20-22H,1H3. The Morgan fingerprint density at radius 1 is 0.971 bits per heavy atom. The number of carbonyl (C=O) groups excluding carboxylic acids is 2. The molecular weight excluding hydrogens is 462 g/mol. The lowest BCUT2D eigenvalue weighted by Crippen LogP contribution is -2.37.